The van der Waals surface area contributed by atoms with Gasteiger partial charge in [0.2, 0.25) is 5.91 Å². The molecule has 1 aliphatic carbocycles. The van der Waals surface area contributed by atoms with E-state index in [0.717, 1.165) is 32.4 Å². The Hall–Kier alpha value is -0.610. The topological polar surface area (TPSA) is 41.6 Å². The molecule has 3 unspecified atom stereocenters. The predicted molar refractivity (Wildman–Crippen MR) is 71.5 cm³/mol. The van der Waals surface area contributed by atoms with E-state index in [4.69, 9.17) is 4.74 Å². The molecule has 3 atom stereocenters. The molecule has 18 heavy (non-hydrogen) atoms. The highest BCUT2D eigenvalue weighted by Gasteiger charge is 2.25. The minimum atomic E-state index is 0.321. The van der Waals surface area contributed by atoms with Crippen LogP contribution >= 0.6 is 0 Å². The molecule has 0 aromatic heterocycles. The Morgan fingerprint density at radius 2 is 2.28 bits per heavy atom. The molecule has 0 aromatic rings. The number of ether oxygens (including phenoxy) is 1. The van der Waals surface area contributed by atoms with Crippen molar-refractivity contribution in [3.63, 3.8) is 0 Å². The summed E-state index contributed by atoms with van der Waals surface area (Å²) < 4.78 is 5.45. The van der Waals surface area contributed by atoms with Crippen LogP contribution < -0.4 is 5.32 Å². The zero-order valence-electron chi connectivity index (χ0n) is 11.7. The van der Waals surface area contributed by atoms with E-state index in [0.29, 0.717) is 24.1 Å². The lowest BCUT2D eigenvalue weighted by atomic mass is 9.92. The zero-order chi connectivity index (χ0) is 13.0. The quantitative estimate of drug-likeness (QED) is 0.809. The minimum Gasteiger partial charge on any atom is -0.381 e. The molecular formula is C14H26N2O2. The smallest absolute Gasteiger partial charge is 0.222 e. The monoisotopic (exact) mass is 254 g/mol. The van der Waals surface area contributed by atoms with Crippen molar-refractivity contribution in [2.75, 3.05) is 20.2 Å². The number of carbonyl (C=O) groups excluding carboxylic acids is 1. The largest absolute Gasteiger partial charge is 0.381 e. The molecule has 1 aliphatic heterocycles. The molecule has 0 radical (unpaired) electrons. The van der Waals surface area contributed by atoms with E-state index < -0.39 is 0 Å². The van der Waals surface area contributed by atoms with Gasteiger partial charge >= 0.3 is 0 Å². The molecule has 1 saturated carbocycles. The number of hydrogen-bond donors (Lipinski definition) is 1. The van der Waals surface area contributed by atoms with Gasteiger partial charge in [0.05, 0.1) is 6.10 Å². The molecular weight excluding hydrogens is 228 g/mol. The predicted octanol–water partition coefficient (Wildman–Crippen LogP) is 1.54. The lowest BCUT2D eigenvalue weighted by Gasteiger charge is -2.32. The van der Waals surface area contributed by atoms with E-state index in [-0.39, 0.29) is 0 Å². The molecule has 2 rings (SSSR count). The molecule has 1 N–H and O–H groups in total. The summed E-state index contributed by atoms with van der Waals surface area (Å²) in [6, 6.07) is 0.934. The number of amides is 1. The second-order valence-electron chi connectivity index (χ2n) is 5.73. The third-order valence-corrected chi connectivity index (χ3v) is 4.15. The SMILES string of the molecule is COC1CCCC(NC(C)CN2CCCC2=O)C1. The van der Waals surface area contributed by atoms with Crippen molar-refractivity contribution < 1.29 is 9.53 Å². The van der Waals surface area contributed by atoms with E-state index in [1.54, 1.807) is 7.11 Å². The Kier molecular flexibility index (Phi) is 5.01. The molecule has 1 amide bonds. The second kappa shape index (κ2) is 6.53. The number of likely N-dealkylation sites (tertiary alicyclic amines) is 1. The van der Waals surface area contributed by atoms with E-state index in [2.05, 4.69) is 12.2 Å². The first kappa shape index (κ1) is 13.8. The van der Waals surface area contributed by atoms with E-state index in [1.165, 1.54) is 19.3 Å². The third-order valence-electron chi connectivity index (χ3n) is 4.15. The Morgan fingerprint density at radius 1 is 1.44 bits per heavy atom. The number of methoxy groups -OCH3 is 1. The molecule has 0 aromatic carbocycles. The van der Waals surface area contributed by atoms with Crippen LogP contribution in [0.3, 0.4) is 0 Å². The van der Waals surface area contributed by atoms with E-state index in [9.17, 15) is 4.79 Å². The van der Waals surface area contributed by atoms with Gasteiger partial charge in [0, 0.05) is 38.7 Å². The summed E-state index contributed by atoms with van der Waals surface area (Å²) in [6.07, 6.45) is 6.95. The van der Waals surface area contributed by atoms with Crippen molar-refractivity contribution >= 4 is 5.91 Å². The summed E-state index contributed by atoms with van der Waals surface area (Å²) >= 11 is 0. The van der Waals surface area contributed by atoms with Gasteiger partial charge in [-0.15, -0.1) is 0 Å². The molecule has 2 aliphatic rings. The minimum absolute atomic E-state index is 0.321. The molecule has 0 spiro atoms. The highest BCUT2D eigenvalue weighted by molar-refractivity contribution is 5.78. The lowest BCUT2D eigenvalue weighted by Crippen LogP contribution is -2.46. The van der Waals surface area contributed by atoms with Crippen LogP contribution in [0.1, 0.15) is 45.4 Å². The molecule has 0 bridgehead atoms. The van der Waals surface area contributed by atoms with Crippen LogP contribution in [-0.2, 0) is 9.53 Å². The summed E-state index contributed by atoms with van der Waals surface area (Å²) in [4.78, 5) is 13.6. The Morgan fingerprint density at radius 3 is 2.94 bits per heavy atom. The molecule has 104 valence electrons. The van der Waals surface area contributed by atoms with Gasteiger partial charge in [0.1, 0.15) is 0 Å². The van der Waals surface area contributed by atoms with Crippen LogP contribution in [0.5, 0.6) is 0 Å². The zero-order valence-corrected chi connectivity index (χ0v) is 11.7. The number of carbonyl (C=O) groups is 1. The fourth-order valence-electron chi connectivity index (χ4n) is 3.19. The summed E-state index contributed by atoms with van der Waals surface area (Å²) in [5.41, 5.74) is 0. The molecule has 4 heteroatoms. The standard InChI is InChI=1S/C14H26N2O2/c1-11(10-16-8-4-7-14(16)17)15-12-5-3-6-13(9-12)18-2/h11-13,15H,3-10H2,1-2H3. The maximum atomic E-state index is 11.6. The summed E-state index contributed by atoms with van der Waals surface area (Å²) in [6.45, 7) is 3.98. The van der Waals surface area contributed by atoms with Crippen LogP contribution in [0.25, 0.3) is 0 Å². The second-order valence-corrected chi connectivity index (χ2v) is 5.73. The highest BCUT2D eigenvalue weighted by Crippen LogP contribution is 2.21. The number of hydrogen-bond acceptors (Lipinski definition) is 3. The van der Waals surface area contributed by atoms with Crippen molar-refractivity contribution in [1.29, 1.82) is 0 Å². The van der Waals surface area contributed by atoms with Gasteiger partial charge in [-0.2, -0.15) is 0 Å². The van der Waals surface area contributed by atoms with Gasteiger partial charge in [-0.25, -0.2) is 0 Å². The van der Waals surface area contributed by atoms with Gasteiger partial charge in [0.15, 0.2) is 0 Å². The van der Waals surface area contributed by atoms with Crippen molar-refractivity contribution in [2.24, 2.45) is 0 Å². The van der Waals surface area contributed by atoms with Crippen LogP contribution in [-0.4, -0.2) is 49.2 Å². The van der Waals surface area contributed by atoms with Crippen molar-refractivity contribution in [1.82, 2.24) is 10.2 Å². The first-order valence-electron chi connectivity index (χ1n) is 7.25. The fourth-order valence-corrected chi connectivity index (χ4v) is 3.19. The fraction of sp³-hybridized carbons (Fsp3) is 0.929. The Balaban J connectivity index is 1.73. The Bertz CT molecular complexity index is 283. The Labute approximate surface area is 110 Å². The average molecular weight is 254 g/mol. The normalized spacial score (nSPS) is 30.8. The van der Waals surface area contributed by atoms with Crippen LogP contribution in [0.15, 0.2) is 0 Å². The maximum Gasteiger partial charge on any atom is 0.222 e. The van der Waals surface area contributed by atoms with Crippen LogP contribution in [0.4, 0.5) is 0 Å². The summed E-state index contributed by atoms with van der Waals surface area (Å²) in [5.74, 6) is 0.321. The number of nitrogens with one attached hydrogen (secondary N) is 1. The van der Waals surface area contributed by atoms with Crippen LogP contribution in [0.2, 0.25) is 0 Å². The molecule has 1 saturated heterocycles. The van der Waals surface area contributed by atoms with Gasteiger partial charge < -0.3 is 15.0 Å². The van der Waals surface area contributed by atoms with Crippen LogP contribution in [0, 0.1) is 0 Å². The average Bonchev–Trinajstić information content (AvgIpc) is 2.75. The van der Waals surface area contributed by atoms with Crippen molar-refractivity contribution in [3.05, 3.63) is 0 Å². The van der Waals surface area contributed by atoms with E-state index >= 15 is 0 Å². The van der Waals surface area contributed by atoms with Crippen molar-refractivity contribution in [3.8, 4) is 0 Å². The summed E-state index contributed by atoms with van der Waals surface area (Å²) in [5, 5.41) is 3.66. The molecule has 4 nitrogen and oxygen atoms in total. The number of nitrogens with zero attached hydrogens (tertiary/aromatic N) is 1. The van der Waals surface area contributed by atoms with Gasteiger partial charge in [0.25, 0.3) is 0 Å². The summed E-state index contributed by atoms with van der Waals surface area (Å²) in [7, 11) is 1.80. The highest BCUT2D eigenvalue weighted by atomic mass is 16.5. The first-order valence-corrected chi connectivity index (χ1v) is 7.25. The first-order chi connectivity index (χ1) is 8.69. The third kappa shape index (κ3) is 3.69. The van der Waals surface area contributed by atoms with E-state index in [1.807, 2.05) is 4.90 Å². The lowest BCUT2D eigenvalue weighted by molar-refractivity contribution is -0.128. The van der Waals surface area contributed by atoms with Crippen molar-refractivity contribution in [2.45, 2.75) is 63.6 Å². The number of rotatable bonds is 5. The van der Waals surface area contributed by atoms with Gasteiger partial charge in [-0.05, 0) is 39.0 Å². The maximum absolute atomic E-state index is 11.6. The molecule has 2 fully saturated rings. The molecule has 1 heterocycles. The van der Waals surface area contributed by atoms with Gasteiger partial charge in [-0.3, -0.25) is 4.79 Å². The van der Waals surface area contributed by atoms with Gasteiger partial charge in [-0.1, -0.05) is 0 Å².